The molecular weight excluding hydrogens is 295 g/mol. The lowest BCUT2D eigenvalue weighted by Crippen LogP contribution is -2.14. The van der Waals surface area contributed by atoms with Crippen molar-refractivity contribution in [2.45, 2.75) is 6.42 Å². The topological polar surface area (TPSA) is 51.2 Å². The van der Waals surface area contributed by atoms with Crippen LogP contribution in [0.3, 0.4) is 0 Å². The number of ether oxygens (including phenoxy) is 1. The van der Waals surface area contributed by atoms with Crippen molar-refractivity contribution < 1.29 is 13.9 Å². The number of hydrogen-bond acceptors (Lipinski definition) is 3. The van der Waals surface area contributed by atoms with E-state index in [4.69, 9.17) is 4.74 Å². The van der Waals surface area contributed by atoms with Gasteiger partial charge in [-0.3, -0.25) is 9.78 Å². The van der Waals surface area contributed by atoms with Gasteiger partial charge in [0, 0.05) is 11.5 Å². The standard InChI is InChI=1S/C18H15FN2O2/c1-23-16-7-4-13-9-15(11-20-17(13)10-16)21-18(22)8-12-2-5-14(19)6-3-12/h2-7,9-11H,8H2,1H3,(H,21,22). The van der Waals surface area contributed by atoms with E-state index in [1.165, 1.54) is 12.1 Å². The maximum Gasteiger partial charge on any atom is 0.228 e. The van der Waals surface area contributed by atoms with Gasteiger partial charge in [0.25, 0.3) is 0 Å². The summed E-state index contributed by atoms with van der Waals surface area (Å²) in [5.74, 6) is 0.243. The molecule has 0 aliphatic heterocycles. The summed E-state index contributed by atoms with van der Waals surface area (Å²) in [6.45, 7) is 0. The van der Waals surface area contributed by atoms with Gasteiger partial charge in [-0.15, -0.1) is 0 Å². The summed E-state index contributed by atoms with van der Waals surface area (Å²) < 4.78 is 18.0. The minimum atomic E-state index is -0.316. The molecule has 1 N–H and O–H groups in total. The number of nitrogens with one attached hydrogen (secondary N) is 1. The molecule has 23 heavy (non-hydrogen) atoms. The summed E-state index contributed by atoms with van der Waals surface area (Å²) in [5, 5.41) is 3.71. The lowest BCUT2D eigenvalue weighted by molar-refractivity contribution is -0.115. The lowest BCUT2D eigenvalue weighted by Gasteiger charge is -2.07. The quantitative estimate of drug-likeness (QED) is 0.801. The second-order valence-corrected chi connectivity index (χ2v) is 5.13. The minimum absolute atomic E-state index is 0.175. The number of fused-ring (bicyclic) bond motifs is 1. The third-order valence-electron chi connectivity index (χ3n) is 3.45. The highest BCUT2D eigenvalue weighted by atomic mass is 19.1. The number of benzene rings is 2. The molecule has 0 saturated heterocycles. The average Bonchev–Trinajstić information content (AvgIpc) is 2.56. The fourth-order valence-electron chi connectivity index (χ4n) is 2.29. The van der Waals surface area contributed by atoms with Crippen molar-refractivity contribution in [2.24, 2.45) is 0 Å². The maximum atomic E-state index is 12.9. The molecule has 0 bridgehead atoms. The average molecular weight is 310 g/mol. The van der Waals surface area contributed by atoms with E-state index in [0.29, 0.717) is 5.69 Å². The van der Waals surface area contributed by atoms with Crippen LogP contribution in [-0.2, 0) is 11.2 Å². The number of carbonyl (C=O) groups is 1. The molecule has 0 spiro atoms. The number of methoxy groups -OCH3 is 1. The molecule has 0 aliphatic rings. The van der Waals surface area contributed by atoms with Gasteiger partial charge in [-0.1, -0.05) is 12.1 Å². The van der Waals surface area contributed by atoms with Gasteiger partial charge in [-0.25, -0.2) is 4.39 Å². The highest BCUT2D eigenvalue weighted by molar-refractivity contribution is 5.94. The Morgan fingerprint density at radius 3 is 2.70 bits per heavy atom. The Balaban J connectivity index is 1.73. The molecule has 5 heteroatoms. The molecule has 3 aromatic rings. The van der Waals surface area contributed by atoms with E-state index in [1.54, 1.807) is 25.4 Å². The van der Waals surface area contributed by atoms with Gasteiger partial charge in [-0.05, 0) is 35.9 Å². The predicted octanol–water partition coefficient (Wildman–Crippen LogP) is 3.56. The molecular formula is C18H15FN2O2. The SMILES string of the molecule is COc1ccc2cc(NC(=O)Cc3ccc(F)cc3)cnc2c1. The lowest BCUT2D eigenvalue weighted by atomic mass is 10.1. The number of hydrogen-bond donors (Lipinski definition) is 1. The van der Waals surface area contributed by atoms with E-state index in [2.05, 4.69) is 10.3 Å². The molecule has 1 aromatic heterocycles. The van der Waals surface area contributed by atoms with Crippen molar-refractivity contribution >= 4 is 22.5 Å². The zero-order valence-corrected chi connectivity index (χ0v) is 12.5. The number of anilines is 1. The van der Waals surface area contributed by atoms with E-state index in [0.717, 1.165) is 22.2 Å². The van der Waals surface area contributed by atoms with Gasteiger partial charge in [0.1, 0.15) is 11.6 Å². The zero-order valence-electron chi connectivity index (χ0n) is 12.5. The Hall–Kier alpha value is -2.95. The highest BCUT2D eigenvalue weighted by Gasteiger charge is 2.06. The summed E-state index contributed by atoms with van der Waals surface area (Å²) >= 11 is 0. The van der Waals surface area contributed by atoms with Crippen molar-refractivity contribution in [1.82, 2.24) is 4.98 Å². The molecule has 4 nitrogen and oxygen atoms in total. The largest absolute Gasteiger partial charge is 0.497 e. The molecule has 0 radical (unpaired) electrons. The second kappa shape index (κ2) is 6.44. The first-order valence-electron chi connectivity index (χ1n) is 7.12. The summed E-state index contributed by atoms with van der Waals surface area (Å²) in [6.07, 6.45) is 1.78. The second-order valence-electron chi connectivity index (χ2n) is 5.13. The number of pyridine rings is 1. The van der Waals surface area contributed by atoms with Crippen LogP contribution in [0.1, 0.15) is 5.56 Å². The van der Waals surface area contributed by atoms with Gasteiger partial charge in [0.15, 0.2) is 0 Å². The molecule has 2 aromatic carbocycles. The Morgan fingerprint density at radius 2 is 1.96 bits per heavy atom. The van der Waals surface area contributed by atoms with Crippen LogP contribution in [-0.4, -0.2) is 18.0 Å². The molecule has 1 heterocycles. The van der Waals surface area contributed by atoms with E-state index in [-0.39, 0.29) is 18.1 Å². The first-order valence-corrected chi connectivity index (χ1v) is 7.12. The Labute approximate surface area is 132 Å². The molecule has 0 atom stereocenters. The monoisotopic (exact) mass is 310 g/mol. The van der Waals surface area contributed by atoms with E-state index in [1.807, 2.05) is 24.3 Å². The number of halogens is 1. The third-order valence-corrected chi connectivity index (χ3v) is 3.45. The van der Waals surface area contributed by atoms with Crippen LogP contribution >= 0.6 is 0 Å². The minimum Gasteiger partial charge on any atom is -0.497 e. The first-order chi connectivity index (χ1) is 11.1. The van der Waals surface area contributed by atoms with Crippen LogP contribution in [0.2, 0.25) is 0 Å². The van der Waals surface area contributed by atoms with Crippen LogP contribution in [0.25, 0.3) is 10.9 Å². The number of rotatable bonds is 4. The fraction of sp³-hybridized carbons (Fsp3) is 0.111. The van der Waals surface area contributed by atoms with Gasteiger partial charge in [0.2, 0.25) is 5.91 Å². The van der Waals surface area contributed by atoms with E-state index in [9.17, 15) is 9.18 Å². The molecule has 1 amide bonds. The maximum absolute atomic E-state index is 12.9. The summed E-state index contributed by atoms with van der Waals surface area (Å²) in [5.41, 5.74) is 2.16. The van der Waals surface area contributed by atoms with Crippen molar-refractivity contribution in [3.8, 4) is 5.75 Å². The fourth-order valence-corrected chi connectivity index (χ4v) is 2.29. The summed E-state index contributed by atoms with van der Waals surface area (Å²) in [7, 11) is 1.60. The number of aromatic nitrogens is 1. The van der Waals surface area contributed by atoms with Crippen molar-refractivity contribution in [1.29, 1.82) is 0 Å². The van der Waals surface area contributed by atoms with E-state index >= 15 is 0 Å². The Morgan fingerprint density at radius 1 is 1.17 bits per heavy atom. The van der Waals surface area contributed by atoms with Crippen LogP contribution in [0, 0.1) is 5.82 Å². The van der Waals surface area contributed by atoms with Gasteiger partial charge < -0.3 is 10.1 Å². The highest BCUT2D eigenvalue weighted by Crippen LogP contribution is 2.21. The zero-order chi connectivity index (χ0) is 16.2. The van der Waals surface area contributed by atoms with Crippen LogP contribution < -0.4 is 10.1 Å². The van der Waals surface area contributed by atoms with Gasteiger partial charge >= 0.3 is 0 Å². The van der Waals surface area contributed by atoms with Gasteiger partial charge in [0.05, 0.1) is 30.9 Å². The van der Waals surface area contributed by atoms with Crippen LogP contribution in [0.5, 0.6) is 5.75 Å². The van der Waals surface area contributed by atoms with Crippen LogP contribution in [0.4, 0.5) is 10.1 Å². The Kier molecular flexibility index (Phi) is 4.19. The Bertz CT molecular complexity index is 847. The van der Waals surface area contributed by atoms with Crippen molar-refractivity contribution in [3.05, 3.63) is 66.1 Å². The van der Waals surface area contributed by atoms with E-state index < -0.39 is 0 Å². The normalized spacial score (nSPS) is 10.5. The molecule has 116 valence electrons. The van der Waals surface area contributed by atoms with Crippen LogP contribution in [0.15, 0.2) is 54.7 Å². The third kappa shape index (κ3) is 3.63. The number of carbonyl (C=O) groups excluding carboxylic acids is 1. The first kappa shape index (κ1) is 15.0. The number of nitrogens with zero attached hydrogens (tertiary/aromatic N) is 1. The van der Waals surface area contributed by atoms with Gasteiger partial charge in [-0.2, -0.15) is 0 Å². The summed E-state index contributed by atoms with van der Waals surface area (Å²) in [4.78, 5) is 16.4. The molecule has 0 fully saturated rings. The molecule has 0 aliphatic carbocycles. The molecule has 0 saturated carbocycles. The molecule has 3 rings (SSSR count). The molecule has 0 unspecified atom stereocenters. The summed E-state index contributed by atoms with van der Waals surface area (Å²) in [6, 6.07) is 13.3. The smallest absolute Gasteiger partial charge is 0.228 e. The number of amides is 1. The predicted molar refractivity (Wildman–Crippen MR) is 87.0 cm³/mol. The van der Waals surface area contributed by atoms with Crippen molar-refractivity contribution in [3.63, 3.8) is 0 Å². The van der Waals surface area contributed by atoms with Crippen molar-refractivity contribution in [2.75, 3.05) is 12.4 Å².